The Morgan fingerprint density at radius 2 is 2.15 bits per heavy atom. The minimum absolute atomic E-state index is 0.185. The Labute approximate surface area is 128 Å². The highest BCUT2D eigenvalue weighted by Crippen LogP contribution is 2.19. The van der Waals surface area contributed by atoms with E-state index in [0.717, 1.165) is 35.1 Å². The van der Waals surface area contributed by atoms with Gasteiger partial charge in [-0.3, -0.25) is 4.98 Å². The van der Waals surface area contributed by atoms with Crippen LogP contribution in [0, 0.1) is 0 Å². The third kappa shape index (κ3) is 4.28. The highest BCUT2D eigenvalue weighted by Gasteiger charge is 2.13. The van der Waals surface area contributed by atoms with E-state index in [4.69, 9.17) is 5.73 Å². The highest BCUT2D eigenvalue weighted by atomic mass is 79.9. The number of pyridine rings is 2. The van der Waals surface area contributed by atoms with Gasteiger partial charge in [0.2, 0.25) is 0 Å². The summed E-state index contributed by atoms with van der Waals surface area (Å²) in [5.74, 6) is 0.556. The lowest BCUT2D eigenvalue weighted by molar-refractivity contribution is 0.517. The van der Waals surface area contributed by atoms with Gasteiger partial charge >= 0.3 is 0 Å². The Hall–Kier alpha value is -1.46. The van der Waals surface area contributed by atoms with Gasteiger partial charge in [-0.05, 0) is 65.1 Å². The molecule has 20 heavy (non-hydrogen) atoms. The van der Waals surface area contributed by atoms with Crippen LogP contribution in [0.5, 0.6) is 0 Å². The molecule has 0 saturated carbocycles. The quantitative estimate of drug-likeness (QED) is 0.851. The van der Waals surface area contributed by atoms with Gasteiger partial charge in [-0.25, -0.2) is 4.98 Å². The third-order valence-electron chi connectivity index (χ3n) is 3.03. The molecule has 4 nitrogen and oxygen atoms in total. The standard InChI is InChI=1S/C15H19BrN4/c1-2-6-18-14(13-4-3-12(16)10-20-13)8-11-5-7-19-15(17)9-11/h3-5,7,9-10,14,18H,2,6,8H2,1H3,(H2,17,19). The second-order valence-corrected chi connectivity index (χ2v) is 5.62. The van der Waals surface area contributed by atoms with E-state index in [0.29, 0.717) is 5.82 Å². The molecule has 5 heteroatoms. The molecule has 0 bridgehead atoms. The summed E-state index contributed by atoms with van der Waals surface area (Å²) in [5, 5.41) is 3.53. The summed E-state index contributed by atoms with van der Waals surface area (Å²) < 4.78 is 0.989. The molecule has 2 aromatic heterocycles. The van der Waals surface area contributed by atoms with Crippen LogP contribution in [0.4, 0.5) is 5.82 Å². The number of nitrogens with zero attached hydrogens (tertiary/aromatic N) is 2. The Kier molecular flexibility index (Phi) is 5.49. The Balaban J connectivity index is 2.16. The molecule has 3 N–H and O–H groups in total. The topological polar surface area (TPSA) is 63.8 Å². The maximum atomic E-state index is 5.74. The van der Waals surface area contributed by atoms with E-state index in [1.54, 1.807) is 6.20 Å². The number of rotatable bonds is 6. The summed E-state index contributed by atoms with van der Waals surface area (Å²) in [6, 6.07) is 8.16. The minimum Gasteiger partial charge on any atom is -0.384 e. The van der Waals surface area contributed by atoms with Gasteiger partial charge in [-0.15, -0.1) is 0 Å². The number of aromatic nitrogens is 2. The van der Waals surface area contributed by atoms with Crippen molar-refractivity contribution < 1.29 is 0 Å². The normalized spacial score (nSPS) is 12.3. The van der Waals surface area contributed by atoms with Gasteiger partial charge in [-0.1, -0.05) is 6.92 Å². The molecule has 2 rings (SSSR count). The lowest BCUT2D eigenvalue weighted by atomic mass is 10.0. The molecule has 2 aromatic rings. The van der Waals surface area contributed by atoms with Crippen molar-refractivity contribution in [1.29, 1.82) is 0 Å². The molecule has 0 spiro atoms. The number of halogens is 1. The smallest absolute Gasteiger partial charge is 0.123 e. The number of anilines is 1. The largest absolute Gasteiger partial charge is 0.384 e. The number of nitrogens with one attached hydrogen (secondary N) is 1. The molecule has 0 aliphatic heterocycles. The molecule has 1 atom stereocenters. The molecule has 1 unspecified atom stereocenters. The van der Waals surface area contributed by atoms with Crippen LogP contribution in [-0.4, -0.2) is 16.5 Å². The van der Waals surface area contributed by atoms with Gasteiger partial charge in [0.05, 0.1) is 11.7 Å². The first kappa shape index (κ1) is 14.9. The van der Waals surface area contributed by atoms with Gasteiger partial charge < -0.3 is 11.1 Å². The van der Waals surface area contributed by atoms with Crippen LogP contribution in [0.3, 0.4) is 0 Å². The van der Waals surface area contributed by atoms with Crippen molar-refractivity contribution in [2.75, 3.05) is 12.3 Å². The second kappa shape index (κ2) is 7.36. The zero-order chi connectivity index (χ0) is 14.4. The molecular weight excluding hydrogens is 316 g/mol. The SMILES string of the molecule is CCCNC(Cc1ccnc(N)c1)c1ccc(Br)cn1. The van der Waals surface area contributed by atoms with E-state index in [2.05, 4.69) is 38.1 Å². The summed E-state index contributed by atoms with van der Waals surface area (Å²) in [7, 11) is 0. The summed E-state index contributed by atoms with van der Waals surface area (Å²) in [6.45, 7) is 3.12. The lowest BCUT2D eigenvalue weighted by Crippen LogP contribution is -2.25. The van der Waals surface area contributed by atoms with Crippen molar-refractivity contribution in [1.82, 2.24) is 15.3 Å². The first-order chi connectivity index (χ1) is 9.69. The first-order valence-electron chi connectivity index (χ1n) is 6.74. The molecule has 0 fully saturated rings. The number of hydrogen-bond acceptors (Lipinski definition) is 4. The van der Waals surface area contributed by atoms with Gasteiger partial charge in [0.1, 0.15) is 5.82 Å². The van der Waals surface area contributed by atoms with E-state index in [-0.39, 0.29) is 6.04 Å². The van der Waals surface area contributed by atoms with Crippen molar-refractivity contribution in [3.8, 4) is 0 Å². The molecule has 0 saturated heterocycles. The van der Waals surface area contributed by atoms with Gasteiger partial charge in [0, 0.05) is 16.9 Å². The summed E-state index contributed by atoms with van der Waals surface area (Å²) in [4.78, 5) is 8.52. The highest BCUT2D eigenvalue weighted by molar-refractivity contribution is 9.10. The van der Waals surface area contributed by atoms with Crippen molar-refractivity contribution >= 4 is 21.7 Å². The van der Waals surface area contributed by atoms with Gasteiger partial charge in [-0.2, -0.15) is 0 Å². The molecule has 0 aliphatic carbocycles. The maximum absolute atomic E-state index is 5.74. The van der Waals surface area contributed by atoms with Crippen LogP contribution in [0.25, 0.3) is 0 Å². The fourth-order valence-corrected chi connectivity index (χ4v) is 2.28. The van der Waals surface area contributed by atoms with Crippen molar-refractivity contribution in [3.63, 3.8) is 0 Å². The van der Waals surface area contributed by atoms with Crippen molar-refractivity contribution in [3.05, 3.63) is 52.4 Å². The van der Waals surface area contributed by atoms with E-state index < -0.39 is 0 Å². The molecule has 0 aromatic carbocycles. The van der Waals surface area contributed by atoms with E-state index in [1.807, 2.05) is 30.5 Å². The summed E-state index contributed by atoms with van der Waals surface area (Å²) in [5.41, 5.74) is 7.94. The van der Waals surface area contributed by atoms with Crippen molar-refractivity contribution in [2.45, 2.75) is 25.8 Å². The average Bonchev–Trinajstić information content (AvgIpc) is 2.44. The van der Waals surface area contributed by atoms with Crippen LogP contribution in [-0.2, 0) is 6.42 Å². The molecule has 106 valence electrons. The van der Waals surface area contributed by atoms with Crippen LogP contribution in [0.1, 0.15) is 30.6 Å². The number of nitrogens with two attached hydrogens (primary N) is 1. The monoisotopic (exact) mass is 334 g/mol. The van der Waals surface area contributed by atoms with E-state index >= 15 is 0 Å². The third-order valence-corrected chi connectivity index (χ3v) is 3.50. The Morgan fingerprint density at radius 1 is 1.30 bits per heavy atom. The van der Waals surface area contributed by atoms with Crippen LogP contribution in [0.15, 0.2) is 41.1 Å². The van der Waals surface area contributed by atoms with E-state index in [9.17, 15) is 0 Å². The molecule has 0 aliphatic rings. The zero-order valence-electron chi connectivity index (χ0n) is 11.5. The van der Waals surface area contributed by atoms with Crippen LogP contribution < -0.4 is 11.1 Å². The minimum atomic E-state index is 0.185. The summed E-state index contributed by atoms with van der Waals surface area (Å²) >= 11 is 3.42. The fourth-order valence-electron chi connectivity index (χ4n) is 2.05. The molecule has 0 amide bonds. The maximum Gasteiger partial charge on any atom is 0.123 e. The lowest BCUT2D eigenvalue weighted by Gasteiger charge is -2.18. The number of nitrogen functional groups attached to an aromatic ring is 1. The van der Waals surface area contributed by atoms with E-state index in [1.165, 1.54) is 0 Å². The van der Waals surface area contributed by atoms with Gasteiger partial charge in [0.15, 0.2) is 0 Å². The zero-order valence-corrected chi connectivity index (χ0v) is 13.1. The first-order valence-corrected chi connectivity index (χ1v) is 7.53. The van der Waals surface area contributed by atoms with Crippen molar-refractivity contribution in [2.24, 2.45) is 0 Å². The predicted octanol–water partition coefficient (Wildman–Crippen LogP) is 3.10. The molecule has 0 radical (unpaired) electrons. The molecular formula is C15H19BrN4. The van der Waals surface area contributed by atoms with Crippen LogP contribution in [0.2, 0.25) is 0 Å². The number of hydrogen-bond donors (Lipinski definition) is 2. The average molecular weight is 335 g/mol. The Morgan fingerprint density at radius 3 is 2.80 bits per heavy atom. The van der Waals surface area contributed by atoms with Crippen LogP contribution >= 0.6 is 15.9 Å². The summed E-state index contributed by atoms with van der Waals surface area (Å²) in [6.07, 6.45) is 5.51. The van der Waals surface area contributed by atoms with Gasteiger partial charge in [0.25, 0.3) is 0 Å². The molecule has 2 heterocycles. The fraction of sp³-hybridized carbons (Fsp3) is 0.333. The predicted molar refractivity (Wildman–Crippen MR) is 85.3 cm³/mol. The Bertz CT molecular complexity index is 542. The second-order valence-electron chi connectivity index (χ2n) is 4.70.